The molecule has 0 bridgehead atoms. The number of aliphatic hydroxyl groups is 1. The number of ether oxygens (including phenoxy) is 2. The summed E-state index contributed by atoms with van der Waals surface area (Å²) in [5.41, 5.74) is 0. The fourth-order valence-corrected chi connectivity index (χ4v) is 11.5. The molecule has 0 saturated carbocycles. The quantitative estimate of drug-likeness (QED) is 0.0373. The second-order valence-corrected chi connectivity index (χ2v) is 25.4. The molecule has 1 atom stereocenters. The van der Waals surface area contributed by atoms with E-state index in [0.717, 1.165) is 64.2 Å². The van der Waals surface area contributed by atoms with Crippen molar-refractivity contribution in [3.63, 3.8) is 0 Å². The van der Waals surface area contributed by atoms with E-state index in [2.05, 4.69) is 74.6 Å². The molecule has 0 spiro atoms. The van der Waals surface area contributed by atoms with Crippen molar-refractivity contribution in [3.8, 4) is 0 Å². The zero-order chi connectivity index (χ0) is 59.8. The highest BCUT2D eigenvalue weighted by Crippen LogP contribution is 2.20. The molecule has 0 rings (SSSR count). The molecule has 1 N–H and O–H groups in total. The maximum Gasteiger partial charge on any atom is 0.306 e. The number of hydrogen-bond acceptors (Lipinski definition) is 5. The van der Waals surface area contributed by atoms with Crippen molar-refractivity contribution < 1.29 is 24.2 Å². The summed E-state index contributed by atoms with van der Waals surface area (Å²) in [5.74, 6) is -0.564. The number of allylic oxidation sites excluding steroid dienone is 10. The first-order chi connectivity index (χ1) is 41.1. The topological polar surface area (TPSA) is 72.8 Å². The first-order valence-electron chi connectivity index (χ1n) is 37.3. The van der Waals surface area contributed by atoms with Crippen molar-refractivity contribution in [1.29, 1.82) is 0 Å². The van der Waals surface area contributed by atoms with E-state index in [-0.39, 0.29) is 25.2 Å². The van der Waals surface area contributed by atoms with Crippen molar-refractivity contribution in [3.05, 3.63) is 60.8 Å². The highest BCUT2D eigenvalue weighted by Gasteiger charge is 2.16. The molecule has 1 unspecified atom stereocenters. The van der Waals surface area contributed by atoms with Crippen LogP contribution in [0.3, 0.4) is 0 Å². The molecule has 0 aliphatic heterocycles. The van der Waals surface area contributed by atoms with Crippen LogP contribution in [0, 0.1) is 0 Å². The fraction of sp³-hybridized carbons (Fsp3) is 0.846. The maximum absolute atomic E-state index is 12.4. The SMILES string of the molecule is CC/C=C\C/C=C\C/C=C\C/C=C\C/C=C\CCCCCCCCCCCCCCCCCCCCCCCCCC(=O)OC(CO)COC(=O)CCCCCCCCCCCCCCCCCCCCCCCCCCCCCCCC. The molecular formula is C78H144O5. The number of rotatable bonds is 70. The molecule has 0 heterocycles. The number of carbonyl (C=O) groups is 2. The minimum atomic E-state index is -0.770. The molecule has 0 aliphatic rings. The van der Waals surface area contributed by atoms with E-state index in [0.29, 0.717) is 12.8 Å². The van der Waals surface area contributed by atoms with E-state index in [1.165, 1.54) is 315 Å². The molecule has 486 valence electrons. The summed E-state index contributed by atoms with van der Waals surface area (Å²) in [5, 5.41) is 9.72. The summed E-state index contributed by atoms with van der Waals surface area (Å²) in [6.45, 7) is 4.09. The van der Waals surface area contributed by atoms with Gasteiger partial charge in [-0.1, -0.05) is 396 Å². The van der Waals surface area contributed by atoms with Gasteiger partial charge in [0.1, 0.15) is 6.61 Å². The average Bonchev–Trinajstić information content (AvgIpc) is 3.49. The van der Waals surface area contributed by atoms with Crippen LogP contribution in [0.15, 0.2) is 60.8 Å². The molecule has 5 heteroatoms. The van der Waals surface area contributed by atoms with Gasteiger partial charge >= 0.3 is 11.9 Å². The lowest BCUT2D eigenvalue weighted by Gasteiger charge is -2.15. The summed E-state index contributed by atoms with van der Waals surface area (Å²) >= 11 is 0. The number of carbonyl (C=O) groups excluding carboxylic acids is 2. The largest absolute Gasteiger partial charge is 0.462 e. The second-order valence-electron chi connectivity index (χ2n) is 25.4. The summed E-state index contributed by atoms with van der Waals surface area (Å²) in [4.78, 5) is 24.7. The minimum absolute atomic E-state index is 0.0591. The summed E-state index contributed by atoms with van der Waals surface area (Å²) in [6, 6.07) is 0. The molecule has 0 aromatic carbocycles. The molecule has 0 aromatic heterocycles. The second kappa shape index (κ2) is 73.9. The van der Waals surface area contributed by atoms with Gasteiger partial charge in [0.2, 0.25) is 0 Å². The summed E-state index contributed by atoms with van der Waals surface area (Å²) in [7, 11) is 0. The van der Waals surface area contributed by atoms with E-state index in [9.17, 15) is 14.7 Å². The Balaban J connectivity index is 3.38. The highest BCUT2D eigenvalue weighted by molar-refractivity contribution is 5.70. The molecule has 83 heavy (non-hydrogen) atoms. The van der Waals surface area contributed by atoms with Crippen molar-refractivity contribution in [1.82, 2.24) is 0 Å². The average molecular weight is 1160 g/mol. The fourth-order valence-electron chi connectivity index (χ4n) is 11.5. The predicted octanol–water partition coefficient (Wildman–Crippen LogP) is 26.1. The first-order valence-corrected chi connectivity index (χ1v) is 37.3. The van der Waals surface area contributed by atoms with Crippen LogP contribution in [-0.4, -0.2) is 36.4 Å². The molecule has 0 fully saturated rings. The van der Waals surface area contributed by atoms with Gasteiger partial charge in [-0.25, -0.2) is 0 Å². The molecule has 5 nitrogen and oxygen atoms in total. The van der Waals surface area contributed by atoms with Crippen LogP contribution in [-0.2, 0) is 19.1 Å². The molecule has 0 saturated heterocycles. The maximum atomic E-state index is 12.4. The Hall–Kier alpha value is -2.40. The molecule has 0 amide bonds. The van der Waals surface area contributed by atoms with Crippen molar-refractivity contribution in [2.45, 2.75) is 412 Å². The van der Waals surface area contributed by atoms with Crippen LogP contribution in [0.4, 0.5) is 0 Å². The third kappa shape index (κ3) is 72.0. The minimum Gasteiger partial charge on any atom is -0.462 e. The Labute approximate surface area is 519 Å². The molecular weight excluding hydrogens is 1020 g/mol. The Bertz CT molecular complexity index is 1410. The van der Waals surface area contributed by atoms with Gasteiger partial charge in [0, 0.05) is 12.8 Å². The van der Waals surface area contributed by atoms with Crippen LogP contribution in [0.25, 0.3) is 0 Å². The van der Waals surface area contributed by atoms with Crippen LogP contribution in [0.2, 0.25) is 0 Å². The van der Waals surface area contributed by atoms with Gasteiger partial charge in [0.25, 0.3) is 0 Å². The van der Waals surface area contributed by atoms with Crippen LogP contribution < -0.4 is 0 Å². The highest BCUT2D eigenvalue weighted by atomic mass is 16.6. The number of esters is 2. The monoisotopic (exact) mass is 1160 g/mol. The van der Waals surface area contributed by atoms with Gasteiger partial charge in [-0.15, -0.1) is 0 Å². The van der Waals surface area contributed by atoms with E-state index in [1.54, 1.807) is 0 Å². The van der Waals surface area contributed by atoms with Crippen LogP contribution in [0.1, 0.15) is 406 Å². The van der Waals surface area contributed by atoms with Gasteiger partial charge in [0.15, 0.2) is 6.10 Å². The Kier molecular flexibility index (Phi) is 71.7. The van der Waals surface area contributed by atoms with Gasteiger partial charge in [-0.2, -0.15) is 0 Å². The lowest BCUT2D eigenvalue weighted by molar-refractivity contribution is -0.161. The third-order valence-corrected chi connectivity index (χ3v) is 17.1. The Morgan fingerprint density at radius 2 is 0.518 bits per heavy atom. The first kappa shape index (κ1) is 80.6. The normalized spacial score (nSPS) is 12.5. The molecule has 0 radical (unpaired) electrons. The Morgan fingerprint density at radius 3 is 0.783 bits per heavy atom. The lowest BCUT2D eigenvalue weighted by Crippen LogP contribution is -2.28. The number of aliphatic hydroxyl groups excluding tert-OH is 1. The van der Waals surface area contributed by atoms with Crippen molar-refractivity contribution in [2.24, 2.45) is 0 Å². The number of hydrogen-bond donors (Lipinski definition) is 1. The summed E-state index contributed by atoms with van der Waals surface area (Å²) < 4.78 is 10.8. The van der Waals surface area contributed by atoms with Crippen LogP contribution >= 0.6 is 0 Å². The smallest absolute Gasteiger partial charge is 0.306 e. The van der Waals surface area contributed by atoms with Gasteiger partial charge in [0.05, 0.1) is 6.61 Å². The number of unbranched alkanes of at least 4 members (excludes halogenated alkanes) is 52. The zero-order valence-corrected chi connectivity index (χ0v) is 56.0. The van der Waals surface area contributed by atoms with Crippen molar-refractivity contribution >= 4 is 11.9 Å². The summed E-state index contributed by atoms with van der Waals surface area (Å²) in [6.07, 6.45) is 101. The van der Waals surface area contributed by atoms with E-state index < -0.39 is 6.10 Å². The van der Waals surface area contributed by atoms with E-state index >= 15 is 0 Å². The van der Waals surface area contributed by atoms with Gasteiger partial charge in [-0.3, -0.25) is 9.59 Å². The zero-order valence-electron chi connectivity index (χ0n) is 56.0. The molecule has 0 aliphatic carbocycles. The third-order valence-electron chi connectivity index (χ3n) is 17.1. The van der Waals surface area contributed by atoms with Crippen LogP contribution in [0.5, 0.6) is 0 Å². The Morgan fingerprint density at radius 1 is 0.289 bits per heavy atom. The van der Waals surface area contributed by atoms with Crippen molar-refractivity contribution in [2.75, 3.05) is 13.2 Å². The lowest BCUT2D eigenvalue weighted by atomic mass is 10.0. The van der Waals surface area contributed by atoms with Gasteiger partial charge < -0.3 is 14.6 Å². The van der Waals surface area contributed by atoms with Gasteiger partial charge in [-0.05, 0) is 57.8 Å². The standard InChI is InChI=1S/C78H144O5/c1-3-5-7-9-11-13-15-17-19-21-23-25-27-29-31-33-35-36-37-38-39-40-41-42-43-45-47-49-51-53-55-57-59-61-63-65-67-69-71-73-78(81)83-76(74-79)75-82-77(80)72-70-68-66-64-62-60-58-56-54-52-50-48-46-44-34-32-30-28-26-24-22-20-18-16-14-12-10-8-6-4-2/h5,7,11,13,17,19,23,25,29,31,76,79H,3-4,6,8-10,12,14-16,18,20-22,24,26-28,30,32-75H2,1-2H3/b7-5-,13-11-,19-17-,25-23-,31-29-. The molecule has 0 aromatic rings. The van der Waals surface area contributed by atoms with E-state index in [4.69, 9.17) is 9.47 Å². The predicted molar refractivity (Wildman–Crippen MR) is 367 cm³/mol. The van der Waals surface area contributed by atoms with E-state index in [1.807, 2.05) is 0 Å².